The molecular formula is C12H11ClN2O3. The number of carboxylic acid groups (broad SMARTS) is 1. The van der Waals surface area contributed by atoms with E-state index in [9.17, 15) is 9.59 Å². The van der Waals surface area contributed by atoms with Crippen molar-refractivity contribution in [2.45, 2.75) is 0 Å². The molecule has 6 heteroatoms. The maximum absolute atomic E-state index is 11.8. The van der Waals surface area contributed by atoms with Gasteiger partial charge in [0.1, 0.15) is 6.54 Å². The number of halogens is 1. The number of nitrogens with one attached hydrogen (secondary N) is 1. The number of hydrogen-bond donors (Lipinski definition) is 2. The largest absolute Gasteiger partial charge is 0.480 e. The van der Waals surface area contributed by atoms with Crippen molar-refractivity contribution >= 4 is 29.3 Å². The number of rotatable bonds is 4. The minimum Gasteiger partial charge on any atom is -0.480 e. The number of amides is 2. The Morgan fingerprint density at radius 2 is 2.22 bits per heavy atom. The molecule has 0 saturated heterocycles. The van der Waals surface area contributed by atoms with Gasteiger partial charge in [-0.15, -0.1) is 6.42 Å². The second-order valence-electron chi connectivity index (χ2n) is 3.32. The van der Waals surface area contributed by atoms with Crippen LogP contribution in [-0.4, -0.2) is 30.2 Å². The Morgan fingerprint density at radius 1 is 1.50 bits per heavy atom. The van der Waals surface area contributed by atoms with Gasteiger partial charge in [-0.2, -0.15) is 0 Å². The number of carbonyl (C=O) groups excluding carboxylic acids is 1. The van der Waals surface area contributed by atoms with Crippen LogP contribution in [0.5, 0.6) is 0 Å². The molecule has 0 aromatic heterocycles. The van der Waals surface area contributed by atoms with E-state index in [0.29, 0.717) is 10.7 Å². The van der Waals surface area contributed by atoms with Gasteiger partial charge in [-0.25, -0.2) is 4.79 Å². The average Bonchev–Trinajstić information content (AvgIpc) is 2.32. The second-order valence-corrected chi connectivity index (χ2v) is 3.76. The van der Waals surface area contributed by atoms with Crippen LogP contribution in [0.25, 0.3) is 0 Å². The van der Waals surface area contributed by atoms with Crippen LogP contribution in [-0.2, 0) is 4.79 Å². The molecule has 0 saturated carbocycles. The molecule has 0 bridgehead atoms. The Labute approximate surface area is 109 Å². The average molecular weight is 267 g/mol. The van der Waals surface area contributed by atoms with E-state index in [0.717, 1.165) is 4.90 Å². The lowest BCUT2D eigenvalue weighted by molar-refractivity contribution is -0.135. The summed E-state index contributed by atoms with van der Waals surface area (Å²) in [5.74, 6) is 1.10. The second kappa shape index (κ2) is 6.52. The Kier molecular flexibility index (Phi) is 5.03. The molecule has 5 nitrogen and oxygen atoms in total. The van der Waals surface area contributed by atoms with Crippen molar-refractivity contribution in [2.75, 3.05) is 18.0 Å². The highest BCUT2D eigenvalue weighted by molar-refractivity contribution is 6.30. The van der Waals surface area contributed by atoms with Crippen LogP contribution in [0.15, 0.2) is 24.3 Å². The molecule has 0 aliphatic heterocycles. The summed E-state index contributed by atoms with van der Waals surface area (Å²) in [4.78, 5) is 23.6. The predicted molar refractivity (Wildman–Crippen MR) is 68.7 cm³/mol. The Hall–Kier alpha value is -2.19. The SMILES string of the molecule is C#CCNC(=O)N(CC(=O)O)c1cccc(Cl)c1. The maximum Gasteiger partial charge on any atom is 0.323 e. The summed E-state index contributed by atoms with van der Waals surface area (Å²) in [6, 6.07) is 5.76. The van der Waals surface area contributed by atoms with Crippen LogP contribution in [0.1, 0.15) is 0 Å². The number of nitrogens with zero attached hydrogens (tertiary/aromatic N) is 1. The first kappa shape index (κ1) is 13.9. The van der Waals surface area contributed by atoms with Gasteiger partial charge in [-0.1, -0.05) is 23.6 Å². The third-order valence-electron chi connectivity index (χ3n) is 2.00. The van der Waals surface area contributed by atoms with Gasteiger partial charge in [0.05, 0.1) is 6.54 Å². The first-order chi connectivity index (χ1) is 8.54. The minimum atomic E-state index is -1.13. The monoisotopic (exact) mass is 266 g/mol. The number of carboxylic acids is 1. The highest BCUT2D eigenvalue weighted by Crippen LogP contribution is 2.19. The number of urea groups is 1. The lowest BCUT2D eigenvalue weighted by Gasteiger charge is -2.20. The van der Waals surface area contributed by atoms with E-state index in [4.69, 9.17) is 23.1 Å². The van der Waals surface area contributed by atoms with Crippen molar-refractivity contribution in [1.82, 2.24) is 5.32 Å². The summed E-state index contributed by atoms with van der Waals surface area (Å²) < 4.78 is 0. The molecule has 1 aromatic rings. The molecular weight excluding hydrogens is 256 g/mol. The first-order valence-corrected chi connectivity index (χ1v) is 5.38. The number of anilines is 1. The first-order valence-electron chi connectivity index (χ1n) is 5.00. The molecule has 0 unspecified atom stereocenters. The van der Waals surface area contributed by atoms with E-state index in [2.05, 4.69) is 11.2 Å². The van der Waals surface area contributed by atoms with Crippen molar-refractivity contribution in [3.63, 3.8) is 0 Å². The summed E-state index contributed by atoms with van der Waals surface area (Å²) >= 11 is 5.80. The molecule has 0 atom stereocenters. The standard InChI is InChI=1S/C12H11ClN2O3/c1-2-6-14-12(18)15(8-11(16)17)10-5-3-4-9(13)7-10/h1,3-5,7H,6,8H2,(H,14,18)(H,16,17). The quantitative estimate of drug-likeness (QED) is 0.813. The molecule has 0 radical (unpaired) electrons. The number of aliphatic carboxylic acids is 1. The molecule has 2 amide bonds. The van der Waals surface area contributed by atoms with Crippen molar-refractivity contribution in [1.29, 1.82) is 0 Å². The number of terminal acetylenes is 1. The number of carbonyl (C=O) groups is 2. The third-order valence-corrected chi connectivity index (χ3v) is 2.24. The van der Waals surface area contributed by atoms with E-state index in [1.165, 1.54) is 6.07 Å². The van der Waals surface area contributed by atoms with E-state index in [-0.39, 0.29) is 6.54 Å². The van der Waals surface area contributed by atoms with E-state index in [1.54, 1.807) is 18.2 Å². The third kappa shape index (κ3) is 4.00. The molecule has 1 aromatic carbocycles. The van der Waals surface area contributed by atoms with Gasteiger partial charge in [-0.3, -0.25) is 9.69 Å². The molecule has 0 spiro atoms. The number of benzene rings is 1. The summed E-state index contributed by atoms with van der Waals surface area (Å²) in [7, 11) is 0. The van der Waals surface area contributed by atoms with Gasteiger partial charge in [-0.05, 0) is 18.2 Å². The Balaban J connectivity index is 2.94. The van der Waals surface area contributed by atoms with Gasteiger partial charge < -0.3 is 10.4 Å². The lowest BCUT2D eigenvalue weighted by Crippen LogP contribution is -2.43. The van der Waals surface area contributed by atoms with Crippen LogP contribution in [0.4, 0.5) is 10.5 Å². The topological polar surface area (TPSA) is 69.6 Å². The predicted octanol–water partition coefficient (Wildman–Crippen LogP) is 1.57. The zero-order valence-corrected chi connectivity index (χ0v) is 10.1. The molecule has 0 aliphatic carbocycles. The van der Waals surface area contributed by atoms with Gasteiger partial charge in [0.15, 0.2) is 0 Å². The van der Waals surface area contributed by atoms with Crippen molar-refractivity contribution in [3.05, 3.63) is 29.3 Å². The van der Waals surface area contributed by atoms with Gasteiger partial charge in [0.2, 0.25) is 0 Å². The molecule has 1 rings (SSSR count). The fourth-order valence-corrected chi connectivity index (χ4v) is 1.47. The summed E-state index contributed by atoms with van der Waals surface area (Å²) in [5.41, 5.74) is 0.388. The Bertz CT molecular complexity index is 496. The van der Waals surface area contributed by atoms with Crippen LogP contribution < -0.4 is 10.2 Å². The van der Waals surface area contributed by atoms with Crippen molar-refractivity contribution < 1.29 is 14.7 Å². The fourth-order valence-electron chi connectivity index (χ4n) is 1.28. The molecule has 0 aliphatic rings. The normalized spacial score (nSPS) is 9.33. The zero-order chi connectivity index (χ0) is 13.5. The summed E-state index contributed by atoms with van der Waals surface area (Å²) in [6.07, 6.45) is 5.02. The zero-order valence-electron chi connectivity index (χ0n) is 9.39. The molecule has 18 heavy (non-hydrogen) atoms. The van der Waals surface area contributed by atoms with Gasteiger partial charge in [0.25, 0.3) is 0 Å². The van der Waals surface area contributed by atoms with Gasteiger partial charge >= 0.3 is 12.0 Å². The van der Waals surface area contributed by atoms with Crippen LogP contribution in [0.2, 0.25) is 5.02 Å². The number of hydrogen-bond acceptors (Lipinski definition) is 2. The van der Waals surface area contributed by atoms with Crippen LogP contribution >= 0.6 is 11.6 Å². The van der Waals surface area contributed by atoms with Gasteiger partial charge in [0, 0.05) is 10.7 Å². The molecule has 2 N–H and O–H groups in total. The Morgan fingerprint density at radius 3 is 2.78 bits per heavy atom. The lowest BCUT2D eigenvalue weighted by atomic mass is 10.3. The fraction of sp³-hybridized carbons (Fsp3) is 0.167. The van der Waals surface area contributed by atoms with E-state index in [1.807, 2.05) is 0 Å². The maximum atomic E-state index is 11.8. The van der Waals surface area contributed by atoms with Crippen LogP contribution in [0, 0.1) is 12.3 Å². The summed E-state index contributed by atoms with van der Waals surface area (Å²) in [5, 5.41) is 11.6. The highest BCUT2D eigenvalue weighted by Gasteiger charge is 2.18. The smallest absolute Gasteiger partial charge is 0.323 e. The molecule has 94 valence electrons. The molecule has 0 fully saturated rings. The molecule has 0 heterocycles. The van der Waals surface area contributed by atoms with Crippen molar-refractivity contribution in [2.24, 2.45) is 0 Å². The minimum absolute atomic E-state index is 0.0233. The van der Waals surface area contributed by atoms with Crippen molar-refractivity contribution in [3.8, 4) is 12.3 Å². The van der Waals surface area contributed by atoms with E-state index >= 15 is 0 Å². The van der Waals surface area contributed by atoms with E-state index < -0.39 is 18.5 Å². The summed E-state index contributed by atoms with van der Waals surface area (Å²) in [6.45, 7) is -0.452. The highest BCUT2D eigenvalue weighted by atomic mass is 35.5. The van der Waals surface area contributed by atoms with Crippen LogP contribution in [0.3, 0.4) is 0 Å².